The summed E-state index contributed by atoms with van der Waals surface area (Å²) in [5, 5.41) is 10.1. The Hall–Kier alpha value is -3.54. The number of aromatic amines is 1. The summed E-state index contributed by atoms with van der Waals surface area (Å²) in [6, 6.07) is 15.2. The zero-order chi connectivity index (χ0) is 21.0. The van der Waals surface area contributed by atoms with E-state index in [0.29, 0.717) is 6.42 Å². The van der Waals surface area contributed by atoms with E-state index in [-0.39, 0.29) is 5.82 Å². The molecule has 0 saturated carbocycles. The van der Waals surface area contributed by atoms with Gasteiger partial charge in [0, 0.05) is 54.8 Å². The molecule has 1 aliphatic heterocycles. The first-order valence-corrected chi connectivity index (χ1v) is 10.7. The lowest BCUT2D eigenvalue weighted by molar-refractivity contribution is 0.594. The van der Waals surface area contributed by atoms with Crippen LogP contribution in [0.25, 0.3) is 10.9 Å². The van der Waals surface area contributed by atoms with Crippen LogP contribution in [0.1, 0.15) is 42.0 Å². The number of aliphatic imine (C=N–C) groups is 1. The van der Waals surface area contributed by atoms with Crippen LogP contribution in [0.5, 0.6) is 0 Å². The molecular formula is C25H24FN5. The first kappa shape index (κ1) is 19.4. The summed E-state index contributed by atoms with van der Waals surface area (Å²) in [5.74, 6) is 1.66. The molecule has 31 heavy (non-hydrogen) atoms. The number of allylic oxidation sites excluding steroid dienone is 2. The van der Waals surface area contributed by atoms with E-state index >= 15 is 0 Å². The van der Waals surface area contributed by atoms with Crippen LogP contribution in [0.2, 0.25) is 0 Å². The first-order valence-electron chi connectivity index (χ1n) is 10.7. The fraction of sp³-hybridized carbons (Fsp3) is 0.240. The molecule has 0 amide bonds. The molecule has 3 heterocycles. The van der Waals surface area contributed by atoms with Crippen molar-refractivity contribution in [2.45, 2.75) is 38.6 Å². The predicted octanol–water partition coefficient (Wildman–Crippen LogP) is 5.22. The summed E-state index contributed by atoms with van der Waals surface area (Å²) in [6.45, 7) is 0.842. The zero-order valence-corrected chi connectivity index (χ0v) is 17.3. The lowest BCUT2D eigenvalue weighted by atomic mass is 10.1. The van der Waals surface area contributed by atoms with Gasteiger partial charge in [0.05, 0.1) is 0 Å². The number of benzene rings is 2. The third-order valence-corrected chi connectivity index (χ3v) is 5.72. The van der Waals surface area contributed by atoms with Gasteiger partial charge in [-0.3, -0.25) is 4.99 Å². The molecule has 0 aliphatic carbocycles. The van der Waals surface area contributed by atoms with Crippen LogP contribution in [0.4, 0.5) is 4.39 Å². The van der Waals surface area contributed by atoms with Gasteiger partial charge in [0.2, 0.25) is 0 Å². The van der Waals surface area contributed by atoms with E-state index in [0.717, 1.165) is 66.0 Å². The van der Waals surface area contributed by atoms with Gasteiger partial charge < -0.3 is 9.55 Å². The van der Waals surface area contributed by atoms with Crippen LogP contribution in [-0.4, -0.2) is 26.0 Å². The molecule has 156 valence electrons. The van der Waals surface area contributed by atoms with Gasteiger partial charge in [-0.05, 0) is 42.2 Å². The molecular weight excluding hydrogens is 389 g/mol. The summed E-state index contributed by atoms with van der Waals surface area (Å²) >= 11 is 0. The maximum atomic E-state index is 13.6. The SMILES string of the molecule is Fc1ccc2c(Cc3nnc(Cc4ccccc4)n3CCCC3=CCC=N3)c[nH]c2c1. The van der Waals surface area contributed by atoms with Crippen LogP contribution in [0.3, 0.4) is 0 Å². The summed E-state index contributed by atoms with van der Waals surface area (Å²) in [5.41, 5.74) is 4.28. The highest BCUT2D eigenvalue weighted by Gasteiger charge is 2.15. The second-order valence-corrected chi connectivity index (χ2v) is 7.87. The molecule has 0 radical (unpaired) electrons. The van der Waals surface area contributed by atoms with Crippen LogP contribution in [0.15, 0.2) is 71.5 Å². The Morgan fingerprint density at radius 3 is 2.65 bits per heavy atom. The van der Waals surface area contributed by atoms with Gasteiger partial charge in [0.25, 0.3) is 0 Å². The number of H-pyrrole nitrogens is 1. The fourth-order valence-corrected chi connectivity index (χ4v) is 4.14. The molecule has 5 nitrogen and oxygen atoms in total. The van der Waals surface area contributed by atoms with E-state index in [1.165, 1.54) is 17.7 Å². The molecule has 0 unspecified atom stereocenters. The van der Waals surface area contributed by atoms with Crippen molar-refractivity contribution in [3.05, 3.63) is 95.1 Å². The molecule has 6 heteroatoms. The number of hydrogen-bond donors (Lipinski definition) is 1. The zero-order valence-electron chi connectivity index (χ0n) is 17.3. The van der Waals surface area contributed by atoms with E-state index in [4.69, 9.17) is 0 Å². The Labute approximate surface area is 180 Å². The Balaban J connectivity index is 1.41. The molecule has 5 rings (SSSR count). The maximum Gasteiger partial charge on any atom is 0.137 e. The Kier molecular flexibility index (Phi) is 5.44. The molecule has 1 aliphatic rings. The van der Waals surface area contributed by atoms with E-state index in [2.05, 4.69) is 42.9 Å². The molecule has 0 atom stereocenters. The van der Waals surface area contributed by atoms with Crippen LogP contribution >= 0.6 is 0 Å². The number of halogens is 1. The predicted molar refractivity (Wildman–Crippen MR) is 121 cm³/mol. The average molecular weight is 414 g/mol. The van der Waals surface area contributed by atoms with Crippen molar-refractivity contribution in [3.63, 3.8) is 0 Å². The van der Waals surface area contributed by atoms with Crippen molar-refractivity contribution < 1.29 is 4.39 Å². The highest BCUT2D eigenvalue weighted by Crippen LogP contribution is 2.23. The van der Waals surface area contributed by atoms with Crippen LogP contribution in [-0.2, 0) is 19.4 Å². The summed E-state index contributed by atoms with van der Waals surface area (Å²) < 4.78 is 15.8. The normalized spacial score (nSPS) is 13.3. The van der Waals surface area contributed by atoms with E-state index < -0.39 is 0 Å². The molecule has 0 saturated heterocycles. The highest BCUT2D eigenvalue weighted by atomic mass is 19.1. The van der Waals surface area contributed by atoms with Gasteiger partial charge in [0.1, 0.15) is 17.5 Å². The van der Waals surface area contributed by atoms with Gasteiger partial charge in [-0.1, -0.05) is 36.4 Å². The minimum absolute atomic E-state index is 0.238. The van der Waals surface area contributed by atoms with Gasteiger partial charge in [-0.2, -0.15) is 0 Å². The van der Waals surface area contributed by atoms with E-state index in [9.17, 15) is 4.39 Å². The number of fused-ring (bicyclic) bond motifs is 1. The molecule has 2 aromatic carbocycles. The lowest BCUT2D eigenvalue weighted by Gasteiger charge is -2.11. The minimum atomic E-state index is -0.238. The average Bonchev–Trinajstić information content (AvgIpc) is 3.52. The van der Waals surface area contributed by atoms with Gasteiger partial charge >= 0.3 is 0 Å². The largest absolute Gasteiger partial charge is 0.361 e. The van der Waals surface area contributed by atoms with Crippen LogP contribution in [0, 0.1) is 5.82 Å². The smallest absolute Gasteiger partial charge is 0.137 e. The monoisotopic (exact) mass is 413 g/mol. The Morgan fingerprint density at radius 1 is 1.00 bits per heavy atom. The molecule has 0 bridgehead atoms. The summed E-state index contributed by atoms with van der Waals surface area (Å²) in [7, 11) is 0. The van der Waals surface area contributed by atoms with Crippen molar-refractivity contribution in [3.8, 4) is 0 Å². The standard InChI is InChI=1S/C25H24FN5/c26-20-10-11-22-19(17-28-23(22)16-20)15-25-30-29-24(14-18-6-2-1-3-7-18)31(25)13-5-9-21-8-4-12-27-21/h1-3,6-8,10-12,16-17,28H,4-5,9,13-15H2. The van der Waals surface area contributed by atoms with E-state index in [1.807, 2.05) is 36.7 Å². The molecule has 1 N–H and O–H groups in total. The number of nitrogens with one attached hydrogen (secondary N) is 1. The van der Waals surface area contributed by atoms with Gasteiger partial charge in [0.15, 0.2) is 0 Å². The number of rotatable bonds is 8. The number of aromatic nitrogens is 4. The molecule has 2 aromatic heterocycles. The van der Waals surface area contributed by atoms with Gasteiger partial charge in [-0.15, -0.1) is 10.2 Å². The quantitative estimate of drug-likeness (QED) is 0.431. The fourth-order valence-electron chi connectivity index (χ4n) is 4.14. The van der Waals surface area contributed by atoms with Crippen molar-refractivity contribution in [2.75, 3.05) is 0 Å². The minimum Gasteiger partial charge on any atom is -0.361 e. The third-order valence-electron chi connectivity index (χ3n) is 5.72. The highest BCUT2D eigenvalue weighted by molar-refractivity contribution is 5.83. The van der Waals surface area contributed by atoms with Crippen molar-refractivity contribution in [1.29, 1.82) is 0 Å². The summed E-state index contributed by atoms with van der Waals surface area (Å²) in [4.78, 5) is 7.60. The number of hydrogen-bond acceptors (Lipinski definition) is 3. The lowest BCUT2D eigenvalue weighted by Crippen LogP contribution is -2.09. The topological polar surface area (TPSA) is 58.9 Å². The number of nitrogens with zero attached hydrogens (tertiary/aromatic N) is 4. The first-order chi connectivity index (χ1) is 15.3. The third kappa shape index (κ3) is 4.33. The molecule has 4 aromatic rings. The summed E-state index contributed by atoms with van der Waals surface area (Å²) in [6.07, 6.45) is 10.3. The maximum absolute atomic E-state index is 13.6. The second kappa shape index (κ2) is 8.68. The Bertz CT molecular complexity index is 1250. The van der Waals surface area contributed by atoms with E-state index in [1.54, 1.807) is 0 Å². The van der Waals surface area contributed by atoms with Crippen molar-refractivity contribution in [1.82, 2.24) is 19.7 Å². The Morgan fingerprint density at radius 2 is 1.84 bits per heavy atom. The van der Waals surface area contributed by atoms with Crippen molar-refractivity contribution >= 4 is 17.1 Å². The molecule has 0 spiro atoms. The second-order valence-electron chi connectivity index (χ2n) is 7.87. The van der Waals surface area contributed by atoms with Crippen LogP contribution < -0.4 is 0 Å². The molecule has 0 fully saturated rings. The van der Waals surface area contributed by atoms with Crippen molar-refractivity contribution in [2.24, 2.45) is 4.99 Å². The van der Waals surface area contributed by atoms with Gasteiger partial charge in [-0.25, -0.2) is 4.39 Å².